The zero-order valence-corrected chi connectivity index (χ0v) is 13.4. The predicted octanol–water partition coefficient (Wildman–Crippen LogP) is 3.33. The van der Waals surface area contributed by atoms with Gasteiger partial charge in [-0.3, -0.25) is 4.79 Å². The van der Waals surface area contributed by atoms with Gasteiger partial charge in [0.1, 0.15) is 0 Å². The van der Waals surface area contributed by atoms with E-state index in [-0.39, 0.29) is 11.9 Å². The first-order chi connectivity index (χ1) is 9.99. The first-order valence-electron chi connectivity index (χ1n) is 8.10. The summed E-state index contributed by atoms with van der Waals surface area (Å²) in [6, 6.07) is 7.99. The van der Waals surface area contributed by atoms with Crippen LogP contribution in [-0.2, 0) is 4.79 Å². The van der Waals surface area contributed by atoms with Crippen LogP contribution in [0.3, 0.4) is 0 Å². The third kappa shape index (κ3) is 4.07. The van der Waals surface area contributed by atoms with Crippen LogP contribution in [0.5, 0.6) is 0 Å². The van der Waals surface area contributed by atoms with Crippen LogP contribution in [0.25, 0.3) is 0 Å². The lowest BCUT2D eigenvalue weighted by molar-refractivity contribution is -0.123. The second kappa shape index (κ2) is 7.08. The topological polar surface area (TPSA) is 55.1 Å². The van der Waals surface area contributed by atoms with E-state index in [0.717, 1.165) is 5.92 Å². The van der Waals surface area contributed by atoms with Gasteiger partial charge in [0, 0.05) is 0 Å². The van der Waals surface area contributed by atoms with Crippen molar-refractivity contribution >= 4 is 5.91 Å². The average Bonchev–Trinajstić information content (AvgIpc) is 2.45. The van der Waals surface area contributed by atoms with Crippen molar-refractivity contribution in [3.8, 4) is 0 Å². The van der Waals surface area contributed by atoms with Crippen molar-refractivity contribution in [1.82, 2.24) is 5.32 Å². The number of carbonyl (C=O) groups excluding carboxylic acids is 1. The molecule has 1 aliphatic carbocycles. The van der Waals surface area contributed by atoms with E-state index in [0.29, 0.717) is 5.92 Å². The molecule has 3 heteroatoms. The Kier molecular flexibility index (Phi) is 5.40. The highest BCUT2D eigenvalue weighted by atomic mass is 16.2. The van der Waals surface area contributed by atoms with Crippen molar-refractivity contribution in [2.75, 3.05) is 0 Å². The fourth-order valence-corrected chi connectivity index (χ4v) is 3.45. The highest BCUT2D eigenvalue weighted by Crippen LogP contribution is 2.38. The maximum atomic E-state index is 12.1. The quantitative estimate of drug-likeness (QED) is 0.893. The number of hydrogen-bond acceptors (Lipinski definition) is 2. The summed E-state index contributed by atoms with van der Waals surface area (Å²) < 4.78 is 0. The lowest BCUT2D eigenvalue weighted by Gasteiger charge is -2.35. The number of aryl methyl sites for hydroxylation is 1. The van der Waals surface area contributed by atoms with Gasteiger partial charge >= 0.3 is 0 Å². The molecule has 0 heterocycles. The number of nitrogens with two attached hydrogens (primary N) is 1. The SMILES string of the molecule is Cc1ccccc1C(NC(=O)[C@H](C)N)C1CCCC(C)C1. The van der Waals surface area contributed by atoms with E-state index in [1.54, 1.807) is 6.92 Å². The summed E-state index contributed by atoms with van der Waals surface area (Å²) in [4.78, 5) is 12.1. The highest BCUT2D eigenvalue weighted by molar-refractivity contribution is 5.81. The third-order valence-electron chi connectivity index (χ3n) is 4.68. The fourth-order valence-electron chi connectivity index (χ4n) is 3.45. The molecule has 0 radical (unpaired) electrons. The van der Waals surface area contributed by atoms with Gasteiger partial charge in [-0.25, -0.2) is 0 Å². The van der Waals surface area contributed by atoms with Crippen molar-refractivity contribution in [2.45, 2.75) is 58.5 Å². The standard InChI is InChI=1S/C18H28N2O/c1-12-7-6-9-15(11-12)17(20-18(21)14(3)19)16-10-5-4-8-13(16)2/h4-5,8,10,12,14-15,17H,6-7,9,11,19H2,1-3H3,(H,20,21)/t12?,14-,15?,17?/m0/s1. The molecule has 0 saturated heterocycles. The number of hydrogen-bond donors (Lipinski definition) is 2. The molecule has 3 unspecified atom stereocenters. The van der Waals surface area contributed by atoms with Crippen LogP contribution < -0.4 is 11.1 Å². The fraction of sp³-hybridized carbons (Fsp3) is 0.611. The lowest BCUT2D eigenvalue weighted by atomic mass is 9.76. The normalized spacial score (nSPS) is 25.1. The molecule has 3 nitrogen and oxygen atoms in total. The minimum Gasteiger partial charge on any atom is -0.348 e. The van der Waals surface area contributed by atoms with Crippen molar-refractivity contribution in [3.05, 3.63) is 35.4 Å². The minimum absolute atomic E-state index is 0.0542. The Balaban J connectivity index is 2.25. The monoisotopic (exact) mass is 288 g/mol. The Labute approximate surface area is 128 Å². The third-order valence-corrected chi connectivity index (χ3v) is 4.68. The summed E-state index contributed by atoms with van der Waals surface area (Å²) in [6.45, 7) is 6.18. The summed E-state index contributed by atoms with van der Waals surface area (Å²) in [6.07, 6.45) is 4.92. The Morgan fingerprint density at radius 3 is 2.67 bits per heavy atom. The van der Waals surface area contributed by atoms with E-state index in [2.05, 4.69) is 37.4 Å². The van der Waals surface area contributed by atoms with Gasteiger partial charge in [-0.1, -0.05) is 44.0 Å². The summed E-state index contributed by atoms with van der Waals surface area (Å²) >= 11 is 0. The Morgan fingerprint density at radius 2 is 2.05 bits per heavy atom. The molecule has 4 atom stereocenters. The van der Waals surface area contributed by atoms with E-state index in [1.807, 2.05) is 6.07 Å². The van der Waals surface area contributed by atoms with Crippen molar-refractivity contribution in [2.24, 2.45) is 17.6 Å². The molecule has 1 aliphatic rings. The Hall–Kier alpha value is -1.35. The van der Waals surface area contributed by atoms with Gasteiger partial charge in [0.2, 0.25) is 5.91 Å². The van der Waals surface area contributed by atoms with Crippen LogP contribution in [0.2, 0.25) is 0 Å². The lowest BCUT2D eigenvalue weighted by Crippen LogP contribution is -2.43. The minimum atomic E-state index is -0.461. The van der Waals surface area contributed by atoms with Crippen LogP contribution in [0.4, 0.5) is 0 Å². The Bertz CT molecular complexity index is 484. The van der Waals surface area contributed by atoms with Gasteiger partial charge in [0.15, 0.2) is 0 Å². The van der Waals surface area contributed by atoms with Crippen LogP contribution in [0.1, 0.15) is 56.7 Å². The van der Waals surface area contributed by atoms with E-state index in [1.165, 1.54) is 36.8 Å². The number of benzene rings is 1. The van der Waals surface area contributed by atoms with Gasteiger partial charge in [-0.2, -0.15) is 0 Å². The number of carbonyl (C=O) groups is 1. The zero-order valence-electron chi connectivity index (χ0n) is 13.4. The first-order valence-corrected chi connectivity index (χ1v) is 8.10. The molecule has 2 rings (SSSR count). The van der Waals surface area contributed by atoms with Gasteiger partial charge in [-0.05, 0) is 49.7 Å². The summed E-state index contributed by atoms with van der Waals surface area (Å²) in [5, 5.41) is 3.20. The molecule has 0 aromatic heterocycles. The van der Waals surface area contributed by atoms with Gasteiger partial charge in [-0.15, -0.1) is 0 Å². The van der Waals surface area contributed by atoms with E-state index in [4.69, 9.17) is 5.73 Å². The summed E-state index contributed by atoms with van der Waals surface area (Å²) in [5.41, 5.74) is 8.23. The van der Waals surface area contributed by atoms with Crippen molar-refractivity contribution in [1.29, 1.82) is 0 Å². The maximum Gasteiger partial charge on any atom is 0.237 e. The summed E-state index contributed by atoms with van der Waals surface area (Å²) in [7, 11) is 0. The maximum absolute atomic E-state index is 12.1. The van der Waals surface area contributed by atoms with E-state index in [9.17, 15) is 4.79 Å². The van der Waals surface area contributed by atoms with Crippen molar-refractivity contribution < 1.29 is 4.79 Å². The summed E-state index contributed by atoms with van der Waals surface area (Å²) in [5.74, 6) is 1.20. The molecular formula is C18H28N2O. The molecule has 21 heavy (non-hydrogen) atoms. The van der Waals surface area contributed by atoms with Gasteiger partial charge < -0.3 is 11.1 Å². The molecule has 3 N–H and O–H groups in total. The molecule has 1 saturated carbocycles. The average molecular weight is 288 g/mol. The number of rotatable bonds is 4. The number of amides is 1. The van der Waals surface area contributed by atoms with E-state index >= 15 is 0 Å². The molecule has 1 aromatic rings. The largest absolute Gasteiger partial charge is 0.348 e. The molecular weight excluding hydrogens is 260 g/mol. The second-order valence-electron chi connectivity index (χ2n) is 6.66. The Morgan fingerprint density at radius 1 is 1.33 bits per heavy atom. The van der Waals surface area contributed by atoms with Crippen LogP contribution >= 0.6 is 0 Å². The first kappa shape index (κ1) is 16.0. The van der Waals surface area contributed by atoms with Crippen LogP contribution in [0, 0.1) is 18.8 Å². The smallest absolute Gasteiger partial charge is 0.237 e. The van der Waals surface area contributed by atoms with Crippen LogP contribution in [0.15, 0.2) is 24.3 Å². The molecule has 0 bridgehead atoms. The second-order valence-corrected chi connectivity index (χ2v) is 6.66. The molecule has 116 valence electrons. The van der Waals surface area contributed by atoms with Crippen LogP contribution in [-0.4, -0.2) is 11.9 Å². The van der Waals surface area contributed by atoms with Gasteiger partial charge in [0.05, 0.1) is 12.1 Å². The van der Waals surface area contributed by atoms with Gasteiger partial charge in [0.25, 0.3) is 0 Å². The van der Waals surface area contributed by atoms with Crippen molar-refractivity contribution in [3.63, 3.8) is 0 Å². The molecule has 1 aromatic carbocycles. The zero-order chi connectivity index (χ0) is 15.4. The molecule has 1 fully saturated rings. The molecule has 0 aliphatic heterocycles. The predicted molar refractivity (Wildman–Crippen MR) is 86.8 cm³/mol. The molecule has 0 spiro atoms. The number of nitrogens with one attached hydrogen (secondary N) is 1. The molecule has 1 amide bonds. The van der Waals surface area contributed by atoms with E-state index < -0.39 is 6.04 Å². The highest BCUT2D eigenvalue weighted by Gasteiger charge is 2.30.